The van der Waals surface area contributed by atoms with E-state index in [1.807, 2.05) is 0 Å². The van der Waals surface area contributed by atoms with Crippen molar-refractivity contribution >= 4 is 46.5 Å². The molecule has 1 amide bonds. The van der Waals surface area contributed by atoms with Gasteiger partial charge >= 0.3 is 0 Å². The Hall–Kier alpha value is 0.274. The smallest absolute Gasteiger partial charge is 0.229 e. The summed E-state index contributed by atoms with van der Waals surface area (Å²) in [5.74, 6) is 2.47. The van der Waals surface area contributed by atoms with Crippen LogP contribution in [-0.4, -0.2) is 48.6 Å². The standard InChI is InChI=1S/C17H35NO2S2Si2/c1-13(19)14-15(20)18(24(8,9)17(2,3)4)16(14)21-22(11-10-12-22)23(5,6)7/h14,16H,10-12H2,1-9H3/t14-,16+/m0/s1. The average Bonchev–Trinajstić information content (AvgIpc) is 2.27. The number of carbonyl (C=O) groups is 2. The highest BCUT2D eigenvalue weighted by atomic mass is 33.2. The lowest BCUT2D eigenvalue weighted by molar-refractivity contribution is -0.149. The number of β-lactam (4-membered cyclic amide) rings is 1. The summed E-state index contributed by atoms with van der Waals surface area (Å²) in [5.41, 5.74) is 0. The molecular weight excluding hydrogens is 370 g/mol. The summed E-state index contributed by atoms with van der Waals surface area (Å²) < 4.78 is 2.19. The summed E-state index contributed by atoms with van der Waals surface area (Å²) in [4.78, 5) is 25.1. The van der Waals surface area contributed by atoms with Gasteiger partial charge in [0.2, 0.25) is 5.91 Å². The zero-order valence-corrected chi connectivity index (χ0v) is 20.5. The van der Waals surface area contributed by atoms with Crippen LogP contribution in [0.4, 0.5) is 0 Å². The van der Waals surface area contributed by atoms with Gasteiger partial charge in [-0.1, -0.05) is 64.3 Å². The molecule has 140 valence electrons. The molecule has 0 N–H and O–H groups in total. The quantitative estimate of drug-likeness (QED) is 0.278. The Morgan fingerprint density at radius 2 is 1.67 bits per heavy atom. The average molecular weight is 406 g/mol. The van der Waals surface area contributed by atoms with Crippen LogP contribution in [0, 0.1) is 5.92 Å². The third-order valence-electron chi connectivity index (χ3n) is 6.27. The van der Waals surface area contributed by atoms with Crippen LogP contribution in [0.15, 0.2) is 0 Å². The Labute approximate surface area is 155 Å². The first-order valence-electron chi connectivity index (χ1n) is 8.96. The van der Waals surface area contributed by atoms with Crippen molar-refractivity contribution in [3.05, 3.63) is 0 Å². The predicted octanol–water partition coefficient (Wildman–Crippen LogP) is 5.06. The summed E-state index contributed by atoms with van der Waals surface area (Å²) in [6.07, 6.45) is 1.33. The molecule has 2 fully saturated rings. The monoisotopic (exact) mass is 405 g/mol. The zero-order valence-electron chi connectivity index (χ0n) is 16.9. The van der Waals surface area contributed by atoms with Crippen LogP contribution in [-0.2, 0) is 9.59 Å². The van der Waals surface area contributed by atoms with Crippen molar-refractivity contribution < 1.29 is 9.59 Å². The van der Waals surface area contributed by atoms with Crippen molar-refractivity contribution in [3.63, 3.8) is 0 Å². The topological polar surface area (TPSA) is 37.4 Å². The second-order valence-electron chi connectivity index (χ2n) is 9.78. The Bertz CT molecular complexity index is 548. The Morgan fingerprint density at radius 1 is 1.17 bits per heavy atom. The number of hydrogen-bond donors (Lipinski definition) is 0. The van der Waals surface area contributed by atoms with Gasteiger partial charge in [0, 0.05) is 0 Å². The minimum absolute atomic E-state index is 0.0666. The van der Waals surface area contributed by atoms with E-state index in [2.05, 4.69) is 68.9 Å². The predicted molar refractivity (Wildman–Crippen MR) is 115 cm³/mol. The van der Waals surface area contributed by atoms with Crippen LogP contribution >= 0.6 is 19.3 Å². The lowest BCUT2D eigenvalue weighted by Gasteiger charge is -2.63. The van der Waals surface area contributed by atoms with E-state index in [0.29, 0.717) is 0 Å². The molecule has 0 saturated carbocycles. The number of hydrogen-bond acceptors (Lipinski definition) is 3. The van der Waals surface area contributed by atoms with Crippen LogP contribution in [0.3, 0.4) is 0 Å². The van der Waals surface area contributed by atoms with Crippen molar-refractivity contribution in [2.24, 2.45) is 5.92 Å². The molecular formula is C17H35NO2S2Si2. The fourth-order valence-corrected chi connectivity index (χ4v) is 22.1. The first-order valence-corrected chi connectivity index (χ1v) is 19.5. The molecule has 24 heavy (non-hydrogen) atoms. The van der Waals surface area contributed by atoms with Gasteiger partial charge in [0.15, 0.2) is 8.24 Å². The number of rotatable bonds is 5. The fraction of sp³-hybridized carbons (Fsp3) is 0.882. The molecule has 2 rings (SSSR count). The third-order valence-corrected chi connectivity index (χ3v) is 33.0. The molecule has 0 aromatic rings. The van der Waals surface area contributed by atoms with Gasteiger partial charge in [-0.25, -0.2) is 8.51 Å². The highest BCUT2D eigenvalue weighted by Crippen LogP contribution is 2.75. The zero-order chi connectivity index (χ0) is 18.7. The number of carbonyl (C=O) groups excluding carboxylic acids is 2. The molecule has 0 bridgehead atoms. The normalized spacial score (nSPS) is 28.9. The van der Waals surface area contributed by atoms with Crippen molar-refractivity contribution in [3.8, 4) is 0 Å². The van der Waals surface area contributed by atoms with E-state index in [0.717, 1.165) is 0 Å². The van der Waals surface area contributed by atoms with E-state index in [4.69, 9.17) is 0 Å². The summed E-state index contributed by atoms with van der Waals surface area (Å²) in [6, 6.07) is 0. The lowest BCUT2D eigenvalue weighted by atomic mass is 9.97. The second kappa shape index (κ2) is 6.17. The molecule has 2 aliphatic rings. The van der Waals surface area contributed by atoms with Crippen LogP contribution in [0.5, 0.6) is 0 Å². The third kappa shape index (κ3) is 3.07. The highest BCUT2D eigenvalue weighted by molar-refractivity contribution is 9.05. The number of amides is 1. The summed E-state index contributed by atoms with van der Waals surface area (Å²) in [5, 5.41) is 0.225. The Balaban J connectivity index is 2.36. The SMILES string of the molecule is CC(=O)[C@H]1C(=O)N([Si](C)(C)C(C)(C)C)[C@@H]1SS1([Si](C)(C)C)CCC1. The van der Waals surface area contributed by atoms with E-state index in [9.17, 15) is 9.59 Å². The maximum Gasteiger partial charge on any atom is 0.229 e. The van der Waals surface area contributed by atoms with Crippen molar-refractivity contribution in [2.75, 3.05) is 11.5 Å². The van der Waals surface area contributed by atoms with Gasteiger partial charge in [0.25, 0.3) is 0 Å². The first kappa shape index (κ1) is 20.6. The summed E-state index contributed by atoms with van der Waals surface area (Å²) in [6.45, 7) is 20.4. The van der Waals surface area contributed by atoms with E-state index in [1.54, 1.807) is 6.92 Å². The molecule has 0 aliphatic carbocycles. The maximum atomic E-state index is 12.9. The van der Waals surface area contributed by atoms with Gasteiger partial charge in [-0.2, -0.15) is 0 Å². The van der Waals surface area contributed by atoms with Gasteiger partial charge < -0.3 is 4.57 Å². The molecule has 7 heteroatoms. The number of Topliss-reactive ketones (excluding diaryl/α,β-unsaturated/α-hetero) is 1. The van der Waals surface area contributed by atoms with Crippen LogP contribution < -0.4 is 0 Å². The molecule has 2 atom stereocenters. The molecule has 0 aromatic carbocycles. The Kier molecular flexibility index (Phi) is 5.29. The van der Waals surface area contributed by atoms with Gasteiger partial charge in [0.1, 0.15) is 11.7 Å². The highest BCUT2D eigenvalue weighted by Gasteiger charge is 2.61. The van der Waals surface area contributed by atoms with Gasteiger partial charge in [-0.15, -0.1) is 0 Å². The lowest BCUT2D eigenvalue weighted by Crippen LogP contribution is -2.73. The van der Waals surface area contributed by atoms with E-state index >= 15 is 0 Å². The van der Waals surface area contributed by atoms with Gasteiger partial charge in [-0.3, -0.25) is 9.59 Å². The first-order chi connectivity index (χ1) is 10.7. The molecule has 0 spiro atoms. The van der Waals surface area contributed by atoms with Crippen LogP contribution in [0.1, 0.15) is 34.1 Å². The van der Waals surface area contributed by atoms with Crippen molar-refractivity contribution in [1.82, 2.24) is 4.57 Å². The molecule has 0 unspecified atom stereocenters. The Morgan fingerprint density at radius 3 is 1.96 bits per heavy atom. The fourth-order valence-electron chi connectivity index (χ4n) is 3.34. The van der Waals surface area contributed by atoms with Crippen LogP contribution in [0.2, 0.25) is 37.8 Å². The minimum Gasteiger partial charge on any atom is -0.355 e. The number of ketones is 1. The molecule has 0 aromatic heterocycles. The van der Waals surface area contributed by atoms with E-state index < -0.39 is 24.0 Å². The molecule has 2 saturated heterocycles. The summed E-state index contributed by atoms with van der Waals surface area (Å²) in [7, 11) is -1.81. The van der Waals surface area contributed by atoms with Gasteiger partial charge in [0.05, 0.1) is 12.6 Å². The molecule has 3 nitrogen and oxygen atoms in total. The van der Waals surface area contributed by atoms with Gasteiger partial charge in [-0.05, 0) is 29.9 Å². The van der Waals surface area contributed by atoms with E-state index in [1.165, 1.54) is 17.9 Å². The van der Waals surface area contributed by atoms with E-state index in [-0.39, 0.29) is 28.0 Å². The number of nitrogens with zero attached hydrogens (tertiary/aromatic N) is 1. The van der Waals surface area contributed by atoms with Crippen molar-refractivity contribution in [2.45, 2.75) is 77.3 Å². The molecule has 0 radical (unpaired) electrons. The summed E-state index contributed by atoms with van der Waals surface area (Å²) >= 11 is 0. The molecule has 2 heterocycles. The second-order valence-corrected chi connectivity index (χ2v) is 31.6. The maximum absolute atomic E-state index is 12.9. The van der Waals surface area contributed by atoms with Crippen LogP contribution in [0.25, 0.3) is 0 Å². The minimum atomic E-state index is -1.94. The largest absolute Gasteiger partial charge is 0.355 e. The van der Waals surface area contributed by atoms with Crippen molar-refractivity contribution in [1.29, 1.82) is 0 Å². The molecule has 2 aliphatic heterocycles.